The van der Waals surface area contributed by atoms with Crippen LogP contribution < -0.4 is 15.0 Å². The summed E-state index contributed by atoms with van der Waals surface area (Å²) >= 11 is 5.77. The molecule has 0 saturated heterocycles. The van der Waals surface area contributed by atoms with E-state index in [1.165, 1.54) is 24.0 Å². The molecule has 0 unspecified atom stereocenters. The van der Waals surface area contributed by atoms with Crippen LogP contribution in [0.5, 0.6) is 5.75 Å². The third kappa shape index (κ3) is 5.76. The van der Waals surface area contributed by atoms with Crippen molar-refractivity contribution >= 4 is 29.1 Å². The normalized spacial score (nSPS) is 10.2. The molecule has 5 nitrogen and oxygen atoms in total. The average molecular weight is 365 g/mol. The highest BCUT2D eigenvalue weighted by Gasteiger charge is 2.15. The van der Waals surface area contributed by atoms with Crippen molar-refractivity contribution < 1.29 is 18.7 Å². The Hall–Kier alpha value is -2.60. The van der Waals surface area contributed by atoms with Gasteiger partial charge in [-0.25, -0.2) is 4.39 Å². The Bertz CT molecular complexity index is 737. The molecule has 0 spiro atoms. The molecule has 0 saturated carbocycles. The van der Waals surface area contributed by atoms with E-state index in [-0.39, 0.29) is 37.2 Å². The van der Waals surface area contributed by atoms with Gasteiger partial charge in [-0.15, -0.1) is 0 Å². The number of halogens is 2. The van der Waals surface area contributed by atoms with E-state index in [1.807, 2.05) is 0 Å². The second-order valence-corrected chi connectivity index (χ2v) is 5.65. The van der Waals surface area contributed by atoms with E-state index in [4.69, 9.17) is 16.3 Å². The number of ether oxygens (including phenoxy) is 1. The van der Waals surface area contributed by atoms with E-state index in [0.717, 1.165) is 0 Å². The molecule has 0 aliphatic rings. The predicted molar refractivity (Wildman–Crippen MR) is 94.4 cm³/mol. The minimum atomic E-state index is -0.491. The van der Waals surface area contributed by atoms with Crippen LogP contribution >= 0.6 is 11.6 Å². The Morgan fingerprint density at radius 2 is 1.84 bits per heavy atom. The molecule has 2 aromatic carbocycles. The van der Waals surface area contributed by atoms with E-state index >= 15 is 0 Å². The van der Waals surface area contributed by atoms with Gasteiger partial charge in [0.2, 0.25) is 5.91 Å². The summed E-state index contributed by atoms with van der Waals surface area (Å²) in [6.07, 6.45) is 0. The molecule has 0 atom stereocenters. The van der Waals surface area contributed by atoms with Crippen molar-refractivity contribution in [1.29, 1.82) is 0 Å². The fourth-order valence-corrected chi connectivity index (χ4v) is 2.28. The summed E-state index contributed by atoms with van der Waals surface area (Å²) in [5.41, 5.74) is 0.182. The van der Waals surface area contributed by atoms with Crippen LogP contribution in [0.15, 0.2) is 48.5 Å². The molecule has 1 N–H and O–H groups in total. The number of anilines is 1. The second kappa shape index (κ2) is 9.03. The first-order valence-corrected chi connectivity index (χ1v) is 8.03. The number of nitrogens with one attached hydrogen (secondary N) is 1. The summed E-state index contributed by atoms with van der Waals surface area (Å²) < 4.78 is 19.1. The van der Waals surface area contributed by atoms with Crippen LogP contribution in [0.2, 0.25) is 5.02 Å². The van der Waals surface area contributed by atoms with Gasteiger partial charge in [-0.2, -0.15) is 0 Å². The van der Waals surface area contributed by atoms with Gasteiger partial charge in [-0.3, -0.25) is 9.59 Å². The van der Waals surface area contributed by atoms with Crippen LogP contribution in [0.4, 0.5) is 10.1 Å². The lowest BCUT2D eigenvalue weighted by Crippen LogP contribution is -2.39. The number of nitrogens with zero attached hydrogens (tertiary/aromatic N) is 1. The van der Waals surface area contributed by atoms with E-state index in [2.05, 4.69) is 5.32 Å². The van der Waals surface area contributed by atoms with Crippen molar-refractivity contribution in [2.75, 3.05) is 24.6 Å². The Balaban J connectivity index is 1.81. The van der Waals surface area contributed by atoms with Crippen LogP contribution in [-0.2, 0) is 9.59 Å². The van der Waals surface area contributed by atoms with Crippen LogP contribution in [-0.4, -0.2) is 31.5 Å². The zero-order valence-electron chi connectivity index (χ0n) is 13.7. The minimum absolute atomic E-state index is 0.156. The first-order chi connectivity index (χ1) is 12.0. The number of carbonyl (C=O) groups excluding carboxylic acids is 2. The van der Waals surface area contributed by atoms with Crippen molar-refractivity contribution in [2.45, 2.75) is 6.92 Å². The summed E-state index contributed by atoms with van der Waals surface area (Å²) in [6, 6.07) is 12.6. The van der Waals surface area contributed by atoms with E-state index in [1.54, 1.807) is 36.4 Å². The van der Waals surface area contributed by atoms with Gasteiger partial charge in [0.15, 0.2) is 6.61 Å². The number of benzene rings is 2. The Labute approximate surface area is 150 Å². The first-order valence-electron chi connectivity index (χ1n) is 7.65. The molecular weight excluding hydrogens is 347 g/mol. The average Bonchev–Trinajstić information content (AvgIpc) is 2.59. The topological polar surface area (TPSA) is 58.6 Å². The second-order valence-electron chi connectivity index (χ2n) is 5.21. The maximum Gasteiger partial charge on any atom is 0.258 e. The highest BCUT2D eigenvalue weighted by atomic mass is 35.5. The molecule has 0 radical (unpaired) electrons. The molecule has 0 bridgehead atoms. The third-order valence-electron chi connectivity index (χ3n) is 3.36. The zero-order chi connectivity index (χ0) is 18.2. The minimum Gasteiger partial charge on any atom is -0.484 e. The van der Waals surface area contributed by atoms with Crippen molar-refractivity contribution in [3.8, 4) is 5.75 Å². The number of hydrogen-bond donors (Lipinski definition) is 1. The van der Waals surface area contributed by atoms with Crippen LogP contribution in [0.1, 0.15) is 6.92 Å². The van der Waals surface area contributed by atoms with Gasteiger partial charge >= 0.3 is 0 Å². The number of para-hydroxylation sites is 1. The summed E-state index contributed by atoms with van der Waals surface area (Å²) in [5, 5.41) is 3.21. The maximum atomic E-state index is 13.8. The lowest BCUT2D eigenvalue weighted by molar-refractivity contribution is -0.123. The lowest BCUT2D eigenvalue weighted by atomic mass is 10.2. The molecule has 0 aliphatic heterocycles. The highest BCUT2D eigenvalue weighted by molar-refractivity contribution is 6.30. The van der Waals surface area contributed by atoms with Crippen molar-refractivity contribution in [1.82, 2.24) is 5.32 Å². The fraction of sp³-hybridized carbons (Fsp3) is 0.222. The van der Waals surface area contributed by atoms with E-state index < -0.39 is 5.82 Å². The number of amides is 2. The molecular formula is C18H18ClFN2O3. The van der Waals surface area contributed by atoms with E-state index in [0.29, 0.717) is 10.8 Å². The first kappa shape index (κ1) is 18.7. The van der Waals surface area contributed by atoms with Gasteiger partial charge in [0.05, 0.1) is 5.69 Å². The maximum absolute atomic E-state index is 13.8. The smallest absolute Gasteiger partial charge is 0.258 e. The lowest BCUT2D eigenvalue weighted by Gasteiger charge is -2.21. The van der Waals surface area contributed by atoms with Crippen molar-refractivity contribution in [3.05, 3.63) is 59.4 Å². The Kier molecular flexibility index (Phi) is 6.77. The molecule has 132 valence electrons. The quantitative estimate of drug-likeness (QED) is 0.821. The molecule has 7 heteroatoms. The largest absolute Gasteiger partial charge is 0.484 e. The summed E-state index contributed by atoms with van der Waals surface area (Å²) in [7, 11) is 0. The number of hydrogen-bond acceptors (Lipinski definition) is 3. The number of carbonyl (C=O) groups is 2. The van der Waals surface area contributed by atoms with Gasteiger partial charge in [-0.1, -0.05) is 23.7 Å². The predicted octanol–water partition coefficient (Wildman–Crippen LogP) is 3.03. The van der Waals surface area contributed by atoms with Crippen LogP contribution in [0.25, 0.3) is 0 Å². The molecule has 25 heavy (non-hydrogen) atoms. The molecule has 0 aliphatic carbocycles. The SMILES string of the molecule is CC(=O)N(CCNC(=O)COc1ccc(Cl)cc1)c1ccccc1F. The molecule has 2 amide bonds. The molecule has 2 aromatic rings. The van der Waals surface area contributed by atoms with Crippen LogP contribution in [0.3, 0.4) is 0 Å². The monoisotopic (exact) mass is 364 g/mol. The molecule has 0 heterocycles. The van der Waals surface area contributed by atoms with Crippen LogP contribution in [0, 0.1) is 5.82 Å². The van der Waals surface area contributed by atoms with Crippen molar-refractivity contribution in [3.63, 3.8) is 0 Å². The standard InChI is InChI=1S/C18H18ClFN2O3/c1-13(23)22(17-5-3-2-4-16(17)20)11-10-21-18(24)12-25-15-8-6-14(19)7-9-15/h2-9H,10-12H2,1H3,(H,21,24). The van der Waals surface area contributed by atoms with Gasteiger partial charge in [0.1, 0.15) is 11.6 Å². The van der Waals surface area contributed by atoms with Gasteiger partial charge in [0.25, 0.3) is 5.91 Å². The van der Waals surface area contributed by atoms with Gasteiger partial charge in [0, 0.05) is 25.0 Å². The summed E-state index contributed by atoms with van der Waals surface area (Å²) in [5.74, 6) is -0.616. The van der Waals surface area contributed by atoms with Gasteiger partial charge < -0.3 is 15.0 Å². The number of rotatable bonds is 7. The molecule has 0 fully saturated rings. The van der Waals surface area contributed by atoms with Gasteiger partial charge in [-0.05, 0) is 36.4 Å². The molecule has 0 aromatic heterocycles. The third-order valence-corrected chi connectivity index (χ3v) is 3.62. The zero-order valence-corrected chi connectivity index (χ0v) is 14.4. The fourth-order valence-electron chi connectivity index (χ4n) is 2.16. The Morgan fingerprint density at radius 1 is 1.16 bits per heavy atom. The molecule has 2 rings (SSSR count). The Morgan fingerprint density at radius 3 is 2.48 bits per heavy atom. The summed E-state index contributed by atoms with van der Waals surface area (Å²) in [6.45, 7) is 1.51. The van der Waals surface area contributed by atoms with Crippen molar-refractivity contribution in [2.24, 2.45) is 0 Å². The summed E-state index contributed by atoms with van der Waals surface area (Å²) in [4.78, 5) is 24.8. The highest BCUT2D eigenvalue weighted by Crippen LogP contribution is 2.18. The van der Waals surface area contributed by atoms with E-state index in [9.17, 15) is 14.0 Å².